The van der Waals surface area contributed by atoms with Crippen molar-refractivity contribution in [1.29, 1.82) is 0 Å². The number of amides is 1. The van der Waals surface area contributed by atoms with Gasteiger partial charge in [-0.1, -0.05) is 64.2 Å². The molecule has 0 aliphatic heterocycles. The van der Waals surface area contributed by atoms with E-state index in [1.165, 1.54) is 51.4 Å². The third kappa shape index (κ3) is 31.0. The van der Waals surface area contributed by atoms with Crippen LogP contribution in [0.25, 0.3) is 0 Å². The summed E-state index contributed by atoms with van der Waals surface area (Å²) in [5, 5.41) is 2.92. The molecule has 8 heteroatoms. The molecule has 1 N–H and O–H groups in total. The highest BCUT2D eigenvalue weighted by atomic mass is 16.6. The van der Waals surface area contributed by atoms with Crippen LogP contribution in [0, 0.1) is 0 Å². The highest BCUT2D eigenvalue weighted by Gasteiger charge is 2.15. The summed E-state index contributed by atoms with van der Waals surface area (Å²) in [5.74, 6) is 0.0350. The first-order valence-corrected chi connectivity index (χ1v) is 15.1. The third-order valence-corrected chi connectivity index (χ3v) is 5.84. The molecule has 0 unspecified atom stereocenters. The Labute approximate surface area is 233 Å². The quantitative estimate of drug-likeness (QED) is 0.0953. The minimum Gasteiger partial charge on any atom is -0.460 e. The first kappa shape index (κ1) is 36.8. The number of rotatable bonds is 28. The molecule has 0 aromatic heterocycles. The van der Waals surface area contributed by atoms with Crippen molar-refractivity contribution in [2.45, 2.75) is 123 Å². The minimum absolute atomic E-state index is 0.0762. The Hall–Kier alpha value is -1.22. The van der Waals surface area contributed by atoms with Gasteiger partial charge in [-0.3, -0.25) is 9.59 Å². The Kier molecular flexibility index (Phi) is 26.5. The van der Waals surface area contributed by atoms with Crippen molar-refractivity contribution in [3.63, 3.8) is 0 Å². The molecule has 0 rings (SSSR count). The highest BCUT2D eigenvalue weighted by Crippen LogP contribution is 2.14. The first-order chi connectivity index (χ1) is 18.3. The lowest BCUT2D eigenvalue weighted by Crippen LogP contribution is -2.27. The van der Waals surface area contributed by atoms with Gasteiger partial charge < -0.3 is 29.0 Å². The Morgan fingerprint density at radius 3 is 1.39 bits per heavy atom. The molecule has 0 saturated carbocycles. The summed E-state index contributed by atoms with van der Waals surface area (Å²) in [6.45, 7) is 12.8. The number of carbonyl (C=O) groups is 2. The predicted octanol–water partition coefficient (Wildman–Crippen LogP) is 5.99. The second kappa shape index (κ2) is 27.4. The van der Waals surface area contributed by atoms with E-state index in [0.717, 1.165) is 25.7 Å². The van der Waals surface area contributed by atoms with Crippen LogP contribution in [0.5, 0.6) is 0 Å². The normalized spacial score (nSPS) is 11.6. The van der Waals surface area contributed by atoms with Crippen molar-refractivity contribution < 1.29 is 33.3 Å². The Morgan fingerprint density at radius 2 is 0.947 bits per heavy atom. The van der Waals surface area contributed by atoms with Crippen molar-refractivity contribution in [1.82, 2.24) is 5.32 Å². The molecule has 0 saturated heterocycles. The van der Waals surface area contributed by atoms with E-state index in [1.807, 2.05) is 27.7 Å². The summed E-state index contributed by atoms with van der Waals surface area (Å²) in [6.07, 6.45) is 15.3. The van der Waals surface area contributed by atoms with Gasteiger partial charge in [-0.05, 0) is 40.5 Å². The van der Waals surface area contributed by atoms with Gasteiger partial charge in [0.15, 0.2) is 0 Å². The highest BCUT2D eigenvalue weighted by molar-refractivity contribution is 5.75. The van der Waals surface area contributed by atoms with Gasteiger partial charge in [-0.25, -0.2) is 0 Å². The van der Waals surface area contributed by atoms with Crippen LogP contribution in [-0.2, 0) is 33.3 Å². The predicted molar refractivity (Wildman–Crippen MR) is 152 cm³/mol. The third-order valence-electron chi connectivity index (χ3n) is 5.84. The first-order valence-electron chi connectivity index (χ1n) is 15.1. The molecule has 0 aromatic carbocycles. The van der Waals surface area contributed by atoms with E-state index >= 15 is 0 Å². The van der Waals surface area contributed by atoms with E-state index in [0.29, 0.717) is 72.2 Å². The zero-order valence-corrected chi connectivity index (χ0v) is 25.1. The van der Waals surface area contributed by atoms with E-state index in [1.54, 1.807) is 0 Å². The number of esters is 1. The Balaban J connectivity index is 3.22. The second-order valence-electron chi connectivity index (χ2n) is 10.7. The number of nitrogens with one attached hydrogen (secondary N) is 1. The molecular formula is C30H59NO7. The standard InChI is InChI=1S/C30H59NO7/c1-5-34-22-23-36-26-27-37-25-24-35-21-20-31-28(32)18-16-14-12-10-8-6-7-9-11-13-15-17-19-29(33)38-30(2,3)4/h5-27H2,1-4H3,(H,31,32). The lowest BCUT2D eigenvalue weighted by molar-refractivity contribution is -0.154. The van der Waals surface area contributed by atoms with Gasteiger partial charge in [-0.2, -0.15) is 0 Å². The summed E-state index contributed by atoms with van der Waals surface area (Å²) in [5.41, 5.74) is -0.376. The summed E-state index contributed by atoms with van der Waals surface area (Å²) in [6, 6.07) is 0. The number of unbranched alkanes of at least 4 members (excludes halogenated alkanes) is 11. The molecule has 0 spiro atoms. The SMILES string of the molecule is CCOCCOCCOCCOCCNC(=O)CCCCCCCCCCCCCCC(=O)OC(C)(C)C. The summed E-state index contributed by atoms with van der Waals surface area (Å²) in [7, 11) is 0. The van der Waals surface area contributed by atoms with Gasteiger partial charge >= 0.3 is 5.97 Å². The summed E-state index contributed by atoms with van der Waals surface area (Å²) in [4.78, 5) is 23.6. The van der Waals surface area contributed by atoms with Crippen LogP contribution in [0.3, 0.4) is 0 Å². The van der Waals surface area contributed by atoms with Crippen LogP contribution in [0.1, 0.15) is 118 Å². The Bertz CT molecular complexity index is 537. The maximum Gasteiger partial charge on any atom is 0.306 e. The number of ether oxygens (including phenoxy) is 5. The van der Waals surface area contributed by atoms with Gasteiger partial charge in [0.25, 0.3) is 0 Å². The van der Waals surface area contributed by atoms with Crippen LogP contribution in [0.15, 0.2) is 0 Å². The molecule has 38 heavy (non-hydrogen) atoms. The zero-order chi connectivity index (χ0) is 28.2. The van der Waals surface area contributed by atoms with Crippen molar-refractivity contribution >= 4 is 11.9 Å². The fourth-order valence-electron chi connectivity index (χ4n) is 3.87. The van der Waals surface area contributed by atoms with Gasteiger partial charge in [0.05, 0.1) is 46.2 Å². The second-order valence-corrected chi connectivity index (χ2v) is 10.7. The molecular weight excluding hydrogens is 486 g/mol. The van der Waals surface area contributed by atoms with Gasteiger partial charge in [0, 0.05) is 26.0 Å². The van der Waals surface area contributed by atoms with Crippen LogP contribution >= 0.6 is 0 Å². The topological polar surface area (TPSA) is 92.3 Å². The van der Waals surface area contributed by atoms with E-state index < -0.39 is 0 Å². The van der Waals surface area contributed by atoms with E-state index in [2.05, 4.69) is 5.32 Å². The largest absolute Gasteiger partial charge is 0.460 e. The summed E-state index contributed by atoms with van der Waals surface area (Å²) >= 11 is 0. The van der Waals surface area contributed by atoms with Gasteiger partial charge in [-0.15, -0.1) is 0 Å². The number of hydrogen-bond donors (Lipinski definition) is 1. The smallest absolute Gasteiger partial charge is 0.306 e. The molecule has 8 nitrogen and oxygen atoms in total. The van der Waals surface area contributed by atoms with E-state index in [-0.39, 0.29) is 17.5 Å². The van der Waals surface area contributed by atoms with E-state index in [4.69, 9.17) is 23.7 Å². The fraction of sp³-hybridized carbons (Fsp3) is 0.933. The maximum atomic E-state index is 11.9. The van der Waals surface area contributed by atoms with Crippen molar-refractivity contribution in [3.8, 4) is 0 Å². The van der Waals surface area contributed by atoms with Gasteiger partial charge in [0.1, 0.15) is 5.60 Å². The van der Waals surface area contributed by atoms with Crippen molar-refractivity contribution in [3.05, 3.63) is 0 Å². The molecule has 1 amide bonds. The van der Waals surface area contributed by atoms with Crippen LogP contribution < -0.4 is 5.32 Å². The average Bonchev–Trinajstić information content (AvgIpc) is 2.86. The minimum atomic E-state index is -0.376. The molecule has 0 bridgehead atoms. The molecule has 0 aliphatic carbocycles. The molecule has 0 atom stereocenters. The molecule has 226 valence electrons. The molecule has 0 aromatic rings. The molecule has 0 radical (unpaired) electrons. The number of hydrogen-bond acceptors (Lipinski definition) is 7. The monoisotopic (exact) mass is 545 g/mol. The molecule has 0 aliphatic rings. The molecule has 0 heterocycles. The van der Waals surface area contributed by atoms with Crippen molar-refractivity contribution in [2.24, 2.45) is 0 Å². The average molecular weight is 546 g/mol. The van der Waals surface area contributed by atoms with Crippen LogP contribution in [0.2, 0.25) is 0 Å². The van der Waals surface area contributed by atoms with Crippen molar-refractivity contribution in [2.75, 3.05) is 59.4 Å². The molecule has 0 fully saturated rings. The summed E-state index contributed by atoms with van der Waals surface area (Å²) < 4.78 is 26.8. The van der Waals surface area contributed by atoms with E-state index in [9.17, 15) is 9.59 Å². The number of carbonyl (C=O) groups excluding carboxylic acids is 2. The fourth-order valence-corrected chi connectivity index (χ4v) is 3.87. The maximum absolute atomic E-state index is 11.9. The zero-order valence-electron chi connectivity index (χ0n) is 25.1. The van der Waals surface area contributed by atoms with Crippen LogP contribution in [0.4, 0.5) is 0 Å². The van der Waals surface area contributed by atoms with Gasteiger partial charge in [0.2, 0.25) is 5.91 Å². The lowest BCUT2D eigenvalue weighted by atomic mass is 10.0. The Morgan fingerprint density at radius 1 is 0.553 bits per heavy atom. The lowest BCUT2D eigenvalue weighted by Gasteiger charge is -2.19. The van der Waals surface area contributed by atoms with Crippen LogP contribution in [-0.4, -0.2) is 76.9 Å².